The number of benzene rings is 1. The number of aryl methyl sites for hydroxylation is 2. The highest BCUT2D eigenvalue weighted by Gasteiger charge is 2.27. The monoisotopic (exact) mass is 365 g/mol. The average molecular weight is 365 g/mol. The number of likely N-dealkylation sites (tertiary alicyclic amines) is 1. The van der Waals surface area contributed by atoms with Crippen LogP contribution in [-0.2, 0) is 13.6 Å². The summed E-state index contributed by atoms with van der Waals surface area (Å²) in [5.41, 5.74) is 2.16. The molecule has 1 amide bonds. The van der Waals surface area contributed by atoms with Crippen LogP contribution in [0.3, 0.4) is 0 Å². The van der Waals surface area contributed by atoms with Gasteiger partial charge in [0, 0.05) is 43.8 Å². The first-order valence-corrected chi connectivity index (χ1v) is 9.26. The molecule has 7 nitrogen and oxygen atoms in total. The van der Waals surface area contributed by atoms with Crippen molar-refractivity contribution in [3.8, 4) is 0 Å². The second-order valence-electron chi connectivity index (χ2n) is 7.26. The number of nitrogens with zero attached hydrogens (tertiary/aromatic N) is 5. The molecule has 27 heavy (non-hydrogen) atoms. The minimum atomic E-state index is -0.0142. The summed E-state index contributed by atoms with van der Waals surface area (Å²) < 4.78 is 3.44. The van der Waals surface area contributed by atoms with Crippen LogP contribution >= 0.6 is 0 Å². The van der Waals surface area contributed by atoms with Crippen LogP contribution < -0.4 is 5.56 Å². The van der Waals surface area contributed by atoms with Crippen LogP contribution in [0.15, 0.2) is 41.6 Å². The van der Waals surface area contributed by atoms with E-state index in [1.807, 2.05) is 36.2 Å². The molecule has 1 aromatic carbocycles. The van der Waals surface area contributed by atoms with Gasteiger partial charge in [0.05, 0.1) is 11.8 Å². The van der Waals surface area contributed by atoms with E-state index in [0.29, 0.717) is 36.8 Å². The van der Waals surface area contributed by atoms with Gasteiger partial charge >= 0.3 is 0 Å². The number of fused-ring (bicyclic) bond motifs is 1. The number of carbonyl (C=O) groups is 1. The van der Waals surface area contributed by atoms with Gasteiger partial charge in [-0.3, -0.25) is 18.8 Å². The van der Waals surface area contributed by atoms with Crippen LogP contribution in [0.2, 0.25) is 0 Å². The van der Waals surface area contributed by atoms with Gasteiger partial charge in [0.1, 0.15) is 0 Å². The van der Waals surface area contributed by atoms with Gasteiger partial charge in [-0.15, -0.1) is 0 Å². The van der Waals surface area contributed by atoms with Crippen molar-refractivity contribution in [3.05, 3.63) is 58.4 Å². The van der Waals surface area contributed by atoms with Crippen LogP contribution in [0.25, 0.3) is 10.9 Å². The molecule has 1 aliphatic rings. The summed E-state index contributed by atoms with van der Waals surface area (Å²) >= 11 is 0. The third-order valence-corrected chi connectivity index (χ3v) is 5.39. The number of hydrogen-bond acceptors (Lipinski definition) is 4. The maximum absolute atomic E-state index is 13.0. The summed E-state index contributed by atoms with van der Waals surface area (Å²) in [4.78, 5) is 31.1. The molecular weight excluding hydrogens is 342 g/mol. The van der Waals surface area contributed by atoms with E-state index < -0.39 is 0 Å². The SMILES string of the molecule is Cc1cncn(CC2CCN(C(=O)c3nn(C)c4ccccc34)CC2)c1=O. The molecular formula is C20H23N5O2. The maximum atomic E-state index is 13.0. The highest BCUT2D eigenvalue weighted by Crippen LogP contribution is 2.23. The second-order valence-corrected chi connectivity index (χ2v) is 7.26. The molecule has 3 aromatic rings. The minimum absolute atomic E-state index is 0.0142. The summed E-state index contributed by atoms with van der Waals surface area (Å²) in [6.07, 6.45) is 4.94. The second kappa shape index (κ2) is 6.98. The van der Waals surface area contributed by atoms with Crippen molar-refractivity contribution in [2.45, 2.75) is 26.3 Å². The van der Waals surface area contributed by atoms with Crippen molar-refractivity contribution >= 4 is 16.8 Å². The van der Waals surface area contributed by atoms with Crippen molar-refractivity contribution in [2.75, 3.05) is 13.1 Å². The zero-order valence-electron chi connectivity index (χ0n) is 15.6. The number of aromatic nitrogens is 4. The lowest BCUT2D eigenvalue weighted by atomic mass is 9.96. The Morgan fingerprint density at radius 3 is 2.74 bits per heavy atom. The van der Waals surface area contributed by atoms with Gasteiger partial charge in [-0.2, -0.15) is 5.10 Å². The number of para-hydroxylation sites is 1. The minimum Gasteiger partial charge on any atom is -0.337 e. The Bertz CT molecular complexity index is 1040. The number of amides is 1. The molecule has 2 aromatic heterocycles. The molecule has 0 N–H and O–H groups in total. The standard InChI is InChI=1S/C20H23N5O2/c1-14-11-21-13-25(19(14)26)12-15-7-9-24(10-8-15)20(27)18-16-5-3-4-6-17(16)23(2)22-18/h3-6,11,13,15H,7-10,12H2,1-2H3. The summed E-state index contributed by atoms with van der Waals surface area (Å²) in [6.45, 7) is 3.80. The van der Waals surface area contributed by atoms with Gasteiger partial charge in [-0.1, -0.05) is 18.2 Å². The molecule has 1 saturated heterocycles. The Morgan fingerprint density at radius 2 is 1.96 bits per heavy atom. The first kappa shape index (κ1) is 17.5. The number of hydrogen-bond donors (Lipinski definition) is 0. The van der Waals surface area contributed by atoms with Gasteiger partial charge in [0.2, 0.25) is 0 Å². The molecule has 0 atom stereocenters. The lowest BCUT2D eigenvalue weighted by Gasteiger charge is -2.31. The van der Waals surface area contributed by atoms with Gasteiger partial charge in [0.15, 0.2) is 5.69 Å². The van der Waals surface area contributed by atoms with E-state index in [1.165, 1.54) is 0 Å². The average Bonchev–Trinajstić information content (AvgIpc) is 3.03. The summed E-state index contributed by atoms with van der Waals surface area (Å²) in [5.74, 6) is 0.357. The molecule has 140 valence electrons. The predicted octanol–water partition coefficient (Wildman–Crippen LogP) is 1.99. The summed E-state index contributed by atoms with van der Waals surface area (Å²) in [7, 11) is 1.86. The Morgan fingerprint density at radius 1 is 1.22 bits per heavy atom. The molecule has 1 fully saturated rings. The summed E-state index contributed by atoms with van der Waals surface area (Å²) in [6, 6.07) is 7.80. The van der Waals surface area contributed by atoms with E-state index in [1.54, 1.807) is 28.7 Å². The fourth-order valence-electron chi connectivity index (χ4n) is 3.81. The van der Waals surface area contributed by atoms with Gasteiger partial charge in [0.25, 0.3) is 11.5 Å². The normalized spacial score (nSPS) is 15.4. The van der Waals surface area contributed by atoms with E-state index in [9.17, 15) is 9.59 Å². The van der Waals surface area contributed by atoms with Crippen molar-refractivity contribution in [1.82, 2.24) is 24.2 Å². The molecule has 7 heteroatoms. The predicted molar refractivity (Wildman–Crippen MR) is 103 cm³/mol. The fourth-order valence-corrected chi connectivity index (χ4v) is 3.81. The molecule has 1 aliphatic heterocycles. The molecule has 4 rings (SSSR count). The number of rotatable bonds is 3. The Balaban J connectivity index is 1.45. The van der Waals surface area contributed by atoms with Crippen molar-refractivity contribution in [1.29, 1.82) is 0 Å². The van der Waals surface area contributed by atoms with Crippen LogP contribution in [0, 0.1) is 12.8 Å². The van der Waals surface area contributed by atoms with E-state index in [2.05, 4.69) is 10.1 Å². The van der Waals surface area contributed by atoms with Crippen LogP contribution in [0.1, 0.15) is 28.9 Å². The van der Waals surface area contributed by atoms with Crippen LogP contribution in [0.5, 0.6) is 0 Å². The number of piperidine rings is 1. The topological polar surface area (TPSA) is 73.0 Å². The molecule has 0 radical (unpaired) electrons. The first-order chi connectivity index (χ1) is 13.0. The van der Waals surface area contributed by atoms with E-state index >= 15 is 0 Å². The Hall–Kier alpha value is -2.96. The molecule has 0 aliphatic carbocycles. The lowest BCUT2D eigenvalue weighted by Crippen LogP contribution is -2.40. The van der Waals surface area contributed by atoms with Crippen molar-refractivity contribution < 1.29 is 4.79 Å². The van der Waals surface area contributed by atoms with Crippen molar-refractivity contribution in [2.24, 2.45) is 13.0 Å². The first-order valence-electron chi connectivity index (χ1n) is 9.26. The largest absolute Gasteiger partial charge is 0.337 e. The van der Waals surface area contributed by atoms with Gasteiger partial charge < -0.3 is 4.90 Å². The van der Waals surface area contributed by atoms with Crippen LogP contribution in [-0.4, -0.2) is 43.2 Å². The molecule has 3 heterocycles. The van der Waals surface area contributed by atoms with Crippen LogP contribution in [0.4, 0.5) is 0 Å². The summed E-state index contributed by atoms with van der Waals surface area (Å²) in [5, 5.41) is 5.34. The lowest BCUT2D eigenvalue weighted by molar-refractivity contribution is 0.0677. The molecule has 0 spiro atoms. The van der Waals surface area contributed by atoms with E-state index in [0.717, 1.165) is 23.7 Å². The quantitative estimate of drug-likeness (QED) is 0.712. The van der Waals surface area contributed by atoms with Gasteiger partial charge in [-0.25, -0.2) is 4.98 Å². The Kier molecular flexibility index (Phi) is 4.51. The highest BCUT2D eigenvalue weighted by molar-refractivity contribution is 6.04. The molecule has 0 saturated carbocycles. The molecule has 0 unspecified atom stereocenters. The van der Waals surface area contributed by atoms with Crippen molar-refractivity contribution in [3.63, 3.8) is 0 Å². The smallest absolute Gasteiger partial charge is 0.275 e. The molecule has 0 bridgehead atoms. The zero-order chi connectivity index (χ0) is 19.0. The fraction of sp³-hybridized carbons (Fsp3) is 0.400. The third kappa shape index (κ3) is 3.25. The third-order valence-electron chi connectivity index (χ3n) is 5.39. The Labute approximate surface area is 157 Å². The number of carbonyl (C=O) groups excluding carboxylic acids is 1. The maximum Gasteiger partial charge on any atom is 0.275 e. The highest BCUT2D eigenvalue weighted by atomic mass is 16.2. The van der Waals surface area contributed by atoms with E-state index in [4.69, 9.17) is 0 Å². The van der Waals surface area contributed by atoms with Gasteiger partial charge in [-0.05, 0) is 31.7 Å². The zero-order valence-corrected chi connectivity index (χ0v) is 15.6. The van der Waals surface area contributed by atoms with E-state index in [-0.39, 0.29) is 11.5 Å².